The van der Waals surface area contributed by atoms with Gasteiger partial charge in [0.2, 0.25) is 0 Å². The van der Waals surface area contributed by atoms with Crippen molar-refractivity contribution >= 4 is 46.0 Å². The van der Waals surface area contributed by atoms with Gasteiger partial charge in [0.1, 0.15) is 0 Å². The quantitative estimate of drug-likeness (QED) is 0.499. The lowest BCUT2D eigenvalue weighted by molar-refractivity contribution is 0.885. The van der Waals surface area contributed by atoms with E-state index in [1.807, 2.05) is 42.5 Å². The standard InChI is InChI=1S/C16H18N4S2/c1-11-8-9-14(10-12(11)2)18-16(22)20-19-15(21)17-13-6-4-3-5-7-13/h3-10H,1-2H3,(H2,17,19,21)(H2,18,20,22). The number of nitrogens with one attached hydrogen (secondary N) is 4. The van der Waals surface area contributed by atoms with E-state index in [-0.39, 0.29) is 0 Å². The highest BCUT2D eigenvalue weighted by atomic mass is 32.1. The second-order valence-electron chi connectivity index (χ2n) is 4.82. The van der Waals surface area contributed by atoms with Crippen LogP contribution in [0.1, 0.15) is 11.1 Å². The Morgan fingerprint density at radius 2 is 1.32 bits per heavy atom. The van der Waals surface area contributed by atoms with Gasteiger partial charge in [0, 0.05) is 11.4 Å². The normalized spacial score (nSPS) is 9.73. The fraction of sp³-hybridized carbons (Fsp3) is 0.125. The van der Waals surface area contributed by atoms with Crippen LogP contribution < -0.4 is 21.5 Å². The summed E-state index contributed by atoms with van der Waals surface area (Å²) in [5.41, 5.74) is 10.00. The molecule has 0 atom stereocenters. The lowest BCUT2D eigenvalue weighted by atomic mass is 10.1. The molecule has 6 heteroatoms. The van der Waals surface area contributed by atoms with Crippen LogP contribution in [0.5, 0.6) is 0 Å². The van der Waals surface area contributed by atoms with Gasteiger partial charge in [0.05, 0.1) is 0 Å². The van der Waals surface area contributed by atoms with Crippen LogP contribution in [0.4, 0.5) is 11.4 Å². The van der Waals surface area contributed by atoms with Crippen LogP contribution in [-0.4, -0.2) is 10.2 Å². The summed E-state index contributed by atoms with van der Waals surface area (Å²) >= 11 is 10.4. The molecule has 0 bridgehead atoms. The molecule has 2 rings (SSSR count). The maximum atomic E-state index is 5.22. The Bertz CT molecular complexity index is 671. The minimum atomic E-state index is 0.440. The summed E-state index contributed by atoms with van der Waals surface area (Å²) in [5, 5.41) is 7.03. The number of rotatable bonds is 2. The Morgan fingerprint density at radius 3 is 1.91 bits per heavy atom. The summed E-state index contributed by atoms with van der Waals surface area (Å²) < 4.78 is 0. The molecule has 0 aliphatic carbocycles. The topological polar surface area (TPSA) is 48.1 Å². The molecule has 0 fully saturated rings. The zero-order chi connectivity index (χ0) is 15.9. The molecule has 0 radical (unpaired) electrons. The van der Waals surface area contributed by atoms with Gasteiger partial charge in [-0.15, -0.1) is 0 Å². The molecule has 22 heavy (non-hydrogen) atoms. The largest absolute Gasteiger partial charge is 0.331 e. The molecule has 0 amide bonds. The summed E-state index contributed by atoms with van der Waals surface area (Å²) in [6.07, 6.45) is 0. The third-order valence-corrected chi connectivity index (χ3v) is 3.49. The second-order valence-corrected chi connectivity index (χ2v) is 5.64. The summed E-state index contributed by atoms with van der Waals surface area (Å²) in [5.74, 6) is 0. The summed E-state index contributed by atoms with van der Waals surface area (Å²) in [6.45, 7) is 4.14. The number of anilines is 2. The van der Waals surface area contributed by atoms with Crippen LogP contribution in [-0.2, 0) is 0 Å². The summed E-state index contributed by atoms with van der Waals surface area (Å²) in [4.78, 5) is 0. The van der Waals surface area contributed by atoms with E-state index >= 15 is 0 Å². The van der Waals surface area contributed by atoms with Crippen molar-refractivity contribution in [3.63, 3.8) is 0 Å². The van der Waals surface area contributed by atoms with Gasteiger partial charge >= 0.3 is 0 Å². The molecule has 2 aromatic carbocycles. The average Bonchev–Trinajstić information content (AvgIpc) is 2.50. The molecule has 0 heterocycles. The molecular formula is C16H18N4S2. The van der Waals surface area contributed by atoms with E-state index in [1.165, 1.54) is 11.1 Å². The molecule has 0 aliphatic heterocycles. The molecule has 0 aliphatic rings. The van der Waals surface area contributed by atoms with Crippen LogP contribution in [0, 0.1) is 13.8 Å². The first-order valence-electron chi connectivity index (χ1n) is 6.81. The first-order valence-corrected chi connectivity index (χ1v) is 7.62. The van der Waals surface area contributed by atoms with E-state index in [2.05, 4.69) is 41.4 Å². The third kappa shape index (κ3) is 4.98. The van der Waals surface area contributed by atoms with Crippen molar-refractivity contribution in [2.24, 2.45) is 0 Å². The van der Waals surface area contributed by atoms with E-state index in [9.17, 15) is 0 Å². The Kier molecular flexibility index (Phi) is 5.68. The maximum Gasteiger partial charge on any atom is 0.189 e. The molecule has 0 spiro atoms. The Morgan fingerprint density at radius 1 is 0.727 bits per heavy atom. The van der Waals surface area contributed by atoms with Crippen molar-refractivity contribution in [2.45, 2.75) is 13.8 Å². The van der Waals surface area contributed by atoms with Gasteiger partial charge in [-0.1, -0.05) is 24.3 Å². The SMILES string of the molecule is Cc1ccc(NC(=S)NNC(=S)Nc2ccccc2)cc1C. The Labute approximate surface area is 141 Å². The highest BCUT2D eigenvalue weighted by Gasteiger charge is 2.01. The number of benzene rings is 2. The minimum absolute atomic E-state index is 0.440. The lowest BCUT2D eigenvalue weighted by Gasteiger charge is -2.14. The zero-order valence-electron chi connectivity index (χ0n) is 12.4. The molecule has 4 nitrogen and oxygen atoms in total. The van der Waals surface area contributed by atoms with Gasteiger partial charge in [-0.05, 0) is 73.7 Å². The molecule has 0 saturated carbocycles. The predicted octanol–water partition coefficient (Wildman–Crippen LogP) is 3.49. The number of aryl methyl sites for hydroxylation is 2. The number of thiocarbonyl (C=S) groups is 2. The van der Waals surface area contributed by atoms with Crippen LogP contribution in [0.2, 0.25) is 0 Å². The predicted molar refractivity (Wildman–Crippen MR) is 101 cm³/mol. The fourth-order valence-corrected chi connectivity index (χ4v) is 2.12. The van der Waals surface area contributed by atoms with Crippen LogP contribution >= 0.6 is 24.4 Å². The molecular weight excluding hydrogens is 312 g/mol. The van der Waals surface area contributed by atoms with Crippen LogP contribution in [0.3, 0.4) is 0 Å². The fourth-order valence-electron chi connectivity index (χ4n) is 1.78. The van der Waals surface area contributed by atoms with E-state index in [0.29, 0.717) is 10.2 Å². The van der Waals surface area contributed by atoms with Gasteiger partial charge in [0.25, 0.3) is 0 Å². The van der Waals surface area contributed by atoms with Gasteiger partial charge in [-0.2, -0.15) is 0 Å². The number of para-hydroxylation sites is 1. The Balaban J connectivity index is 1.80. The average molecular weight is 330 g/mol. The molecule has 0 aromatic heterocycles. The summed E-state index contributed by atoms with van der Waals surface area (Å²) in [6, 6.07) is 15.8. The first kappa shape index (κ1) is 16.2. The van der Waals surface area contributed by atoms with Crippen molar-refractivity contribution in [1.29, 1.82) is 0 Å². The van der Waals surface area contributed by atoms with Crippen molar-refractivity contribution in [2.75, 3.05) is 10.6 Å². The highest BCUT2D eigenvalue weighted by molar-refractivity contribution is 7.81. The smallest absolute Gasteiger partial charge is 0.189 e. The zero-order valence-corrected chi connectivity index (χ0v) is 14.1. The minimum Gasteiger partial charge on any atom is -0.331 e. The van der Waals surface area contributed by atoms with Crippen LogP contribution in [0.15, 0.2) is 48.5 Å². The first-order chi connectivity index (χ1) is 10.5. The monoisotopic (exact) mass is 330 g/mol. The van der Waals surface area contributed by atoms with E-state index in [0.717, 1.165) is 11.4 Å². The molecule has 114 valence electrons. The Hall–Kier alpha value is -2.18. The van der Waals surface area contributed by atoms with Crippen molar-refractivity contribution in [3.8, 4) is 0 Å². The number of hydrogen-bond donors (Lipinski definition) is 4. The molecule has 0 unspecified atom stereocenters. The maximum absolute atomic E-state index is 5.22. The van der Waals surface area contributed by atoms with Crippen molar-refractivity contribution < 1.29 is 0 Å². The third-order valence-electron chi connectivity index (χ3n) is 3.09. The van der Waals surface area contributed by atoms with Gasteiger partial charge < -0.3 is 10.6 Å². The van der Waals surface area contributed by atoms with E-state index < -0.39 is 0 Å². The second kappa shape index (κ2) is 7.72. The van der Waals surface area contributed by atoms with Crippen LogP contribution in [0.25, 0.3) is 0 Å². The van der Waals surface area contributed by atoms with Gasteiger partial charge in [0.15, 0.2) is 10.2 Å². The molecule has 4 N–H and O–H groups in total. The number of hydrazine groups is 1. The highest BCUT2D eigenvalue weighted by Crippen LogP contribution is 2.13. The van der Waals surface area contributed by atoms with Crippen molar-refractivity contribution in [3.05, 3.63) is 59.7 Å². The van der Waals surface area contributed by atoms with Crippen molar-refractivity contribution in [1.82, 2.24) is 10.9 Å². The summed E-state index contributed by atoms with van der Waals surface area (Å²) in [7, 11) is 0. The van der Waals surface area contributed by atoms with E-state index in [1.54, 1.807) is 0 Å². The van der Waals surface area contributed by atoms with Gasteiger partial charge in [-0.3, -0.25) is 10.9 Å². The molecule has 0 saturated heterocycles. The number of hydrogen-bond acceptors (Lipinski definition) is 2. The lowest BCUT2D eigenvalue weighted by Crippen LogP contribution is -2.45. The van der Waals surface area contributed by atoms with Gasteiger partial charge in [-0.25, -0.2) is 0 Å². The van der Waals surface area contributed by atoms with E-state index in [4.69, 9.17) is 24.4 Å². The molecule has 2 aromatic rings.